The van der Waals surface area contributed by atoms with Crippen molar-refractivity contribution in [3.8, 4) is 0 Å². The molecule has 5 nitrogen and oxygen atoms in total. The monoisotopic (exact) mass is 245 g/mol. The van der Waals surface area contributed by atoms with Crippen molar-refractivity contribution in [3.63, 3.8) is 0 Å². The molecular formula is C10H15NO4S. The van der Waals surface area contributed by atoms with Gasteiger partial charge in [-0.1, -0.05) is 5.16 Å². The third kappa shape index (κ3) is 2.82. The first-order valence-electron chi connectivity index (χ1n) is 5.35. The fraction of sp³-hybridized carbons (Fsp3) is 0.700. The highest BCUT2D eigenvalue weighted by Gasteiger charge is 2.24. The van der Waals surface area contributed by atoms with Crippen LogP contribution in [0.1, 0.15) is 24.3 Å². The molecule has 1 aliphatic heterocycles. The van der Waals surface area contributed by atoms with E-state index in [-0.39, 0.29) is 18.1 Å². The van der Waals surface area contributed by atoms with Gasteiger partial charge in [-0.15, -0.1) is 0 Å². The molecule has 0 aliphatic carbocycles. The Kier molecular flexibility index (Phi) is 3.30. The summed E-state index contributed by atoms with van der Waals surface area (Å²) in [6.45, 7) is -0.122. The Bertz CT molecular complexity index is 437. The zero-order chi connectivity index (χ0) is 11.6. The van der Waals surface area contributed by atoms with Gasteiger partial charge in [-0.25, -0.2) is 8.42 Å². The molecule has 1 aromatic rings. The number of aliphatic hydroxyl groups excluding tert-OH is 1. The number of hydrogen-bond acceptors (Lipinski definition) is 5. The summed E-state index contributed by atoms with van der Waals surface area (Å²) in [5.74, 6) is 1.63. The van der Waals surface area contributed by atoms with Gasteiger partial charge in [0.25, 0.3) is 0 Å². The molecule has 16 heavy (non-hydrogen) atoms. The smallest absolute Gasteiger partial charge is 0.150 e. The third-order valence-electron chi connectivity index (χ3n) is 2.93. The standard InChI is InChI=1S/C10H15NO4S/c12-7-9-6-10(15-11-9)5-8-1-3-16(13,14)4-2-8/h6,8,12H,1-5,7H2. The second-order valence-electron chi connectivity index (χ2n) is 4.24. The molecule has 0 saturated carbocycles. The lowest BCUT2D eigenvalue weighted by molar-refractivity contribution is 0.263. The first-order valence-corrected chi connectivity index (χ1v) is 7.17. The molecule has 0 bridgehead atoms. The molecule has 0 unspecified atom stereocenters. The summed E-state index contributed by atoms with van der Waals surface area (Å²) in [7, 11) is -2.79. The Morgan fingerprint density at radius 3 is 2.69 bits per heavy atom. The molecule has 0 aromatic carbocycles. The number of hydrogen-bond donors (Lipinski definition) is 1. The van der Waals surface area contributed by atoms with E-state index in [1.54, 1.807) is 6.07 Å². The normalized spacial score (nSPS) is 21.1. The van der Waals surface area contributed by atoms with Crippen molar-refractivity contribution in [2.75, 3.05) is 11.5 Å². The Hall–Kier alpha value is -0.880. The van der Waals surface area contributed by atoms with Gasteiger partial charge in [0.1, 0.15) is 21.3 Å². The van der Waals surface area contributed by atoms with Crippen molar-refractivity contribution >= 4 is 9.84 Å². The van der Waals surface area contributed by atoms with Crippen LogP contribution >= 0.6 is 0 Å². The van der Waals surface area contributed by atoms with Crippen LogP contribution in [0.25, 0.3) is 0 Å². The third-order valence-corrected chi connectivity index (χ3v) is 4.65. The number of rotatable bonds is 3. The molecule has 1 fully saturated rings. The molecule has 1 aliphatic rings. The van der Waals surface area contributed by atoms with E-state index in [9.17, 15) is 8.42 Å². The molecular weight excluding hydrogens is 230 g/mol. The summed E-state index contributed by atoms with van der Waals surface area (Å²) in [5, 5.41) is 12.5. The largest absolute Gasteiger partial charge is 0.390 e. The van der Waals surface area contributed by atoms with Crippen LogP contribution < -0.4 is 0 Å². The minimum atomic E-state index is -2.79. The van der Waals surface area contributed by atoms with Gasteiger partial charge in [0, 0.05) is 12.5 Å². The van der Waals surface area contributed by atoms with Crippen LogP contribution in [-0.2, 0) is 22.9 Å². The minimum absolute atomic E-state index is 0.122. The second kappa shape index (κ2) is 4.55. The molecule has 0 atom stereocenters. The summed E-state index contributed by atoms with van der Waals surface area (Å²) in [4.78, 5) is 0. The maximum Gasteiger partial charge on any atom is 0.150 e. The van der Waals surface area contributed by atoms with Gasteiger partial charge in [-0.05, 0) is 18.8 Å². The molecule has 90 valence electrons. The Balaban J connectivity index is 1.91. The van der Waals surface area contributed by atoms with Crippen LogP contribution in [0.3, 0.4) is 0 Å². The summed E-state index contributed by atoms with van der Waals surface area (Å²) < 4.78 is 27.5. The lowest BCUT2D eigenvalue weighted by Gasteiger charge is -2.20. The van der Waals surface area contributed by atoms with Crippen molar-refractivity contribution in [2.45, 2.75) is 25.9 Å². The van der Waals surface area contributed by atoms with Crippen molar-refractivity contribution in [1.82, 2.24) is 5.16 Å². The van der Waals surface area contributed by atoms with E-state index in [1.165, 1.54) is 0 Å². The summed E-state index contributed by atoms with van der Waals surface area (Å²) in [6.07, 6.45) is 2.09. The average molecular weight is 245 g/mol. The fourth-order valence-corrected chi connectivity index (χ4v) is 3.54. The zero-order valence-electron chi connectivity index (χ0n) is 8.92. The van der Waals surface area contributed by atoms with E-state index in [0.29, 0.717) is 30.9 Å². The van der Waals surface area contributed by atoms with Gasteiger partial charge in [0.15, 0.2) is 0 Å². The van der Waals surface area contributed by atoms with E-state index in [1.807, 2.05) is 0 Å². The Morgan fingerprint density at radius 1 is 1.44 bits per heavy atom. The Labute approximate surface area is 94.4 Å². The quantitative estimate of drug-likeness (QED) is 0.840. The summed E-state index contributed by atoms with van der Waals surface area (Å²) in [6, 6.07) is 1.73. The number of aromatic nitrogens is 1. The molecule has 0 radical (unpaired) electrons. The van der Waals surface area contributed by atoms with Gasteiger partial charge in [-0.3, -0.25) is 0 Å². The van der Waals surface area contributed by atoms with E-state index < -0.39 is 9.84 Å². The van der Waals surface area contributed by atoms with Gasteiger partial charge < -0.3 is 9.63 Å². The number of nitrogens with zero attached hydrogens (tertiary/aromatic N) is 1. The number of aliphatic hydroxyl groups is 1. The maximum absolute atomic E-state index is 11.2. The van der Waals surface area contributed by atoms with Crippen molar-refractivity contribution in [2.24, 2.45) is 5.92 Å². The first-order chi connectivity index (χ1) is 7.59. The zero-order valence-corrected chi connectivity index (χ0v) is 9.74. The summed E-state index contributed by atoms with van der Waals surface area (Å²) >= 11 is 0. The van der Waals surface area contributed by atoms with Gasteiger partial charge in [-0.2, -0.15) is 0 Å². The molecule has 6 heteroatoms. The second-order valence-corrected chi connectivity index (χ2v) is 6.55. The fourth-order valence-electron chi connectivity index (χ4n) is 1.95. The molecule has 1 saturated heterocycles. The molecule has 1 aromatic heterocycles. The molecule has 2 heterocycles. The van der Waals surface area contributed by atoms with Crippen LogP contribution in [0.2, 0.25) is 0 Å². The van der Waals surface area contributed by atoms with Gasteiger partial charge in [0.2, 0.25) is 0 Å². The minimum Gasteiger partial charge on any atom is -0.390 e. The van der Waals surface area contributed by atoms with Gasteiger partial charge in [0.05, 0.1) is 18.1 Å². The van der Waals surface area contributed by atoms with Crippen molar-refractivity contribution in [1.29, 1.82) is 0 Å². The van der Waals surface area contributed by atoms with Crippen LogP contribution in [0.4, 0.5) is 0 Å². The van der Waals surface area contributed by atoms with E-state index >= 15 is 0 Å². The molecule has 0 spiro atoms. The van der Waals surface area contributed by atoms with Crippen LogP contribution in [0.15, 0.2) is 10.6 Å². The lowest BCUT2D eigenvalue weighted by Crippen LogP contribution is -2.24. The maximum atomic E-state index is 11.2. The highest BCUT2D eigenvalue weighted by molar-refractivity contribution is 7.91. The first kappa shape index (κ1) is 11.6. The highest BCUT2D eigenvalue weighted by atomic mass is 32.2. The van der Waals surface area contributed by atoms with Gasteiger partial charge >= 0.3 is 0 Å². The SMILES string of the molecule is O=S1(=O)CCC(Cc2cc(CO)no2)CC1. The highest BCUT2D eigenvalue weighted by Crippen LogP contribution is 2.23. The van der Waals surface area contributed by atoms with E-state index in [0.717, 1.165) is 5.76 Å². The van der Waals surface area contributed by atoms with E-state index in [2.05, 4.69) is 5.16 Å². The predicted octanol–water partition coefficient (Wildman–Crippen LogP) is 0.534. The number of sulfone groups is 1. The van der Waals surface area contributed by atoms with Crippen LogP contribution in [0.5, 0.6) is 0 Å². The molecule has 1 N–H and O–H groups in total. The van der Waals surface area contributed by atoms with Crippen LogP contribution in [0, 0.1) is 5.92 Å². The summed E-state index contributed by atoms with van der Waals surface area (Å²) in [5.41, 5.74) is 0.526. The lowest BCUT2D eigenvalue weighted by atomic mass is 9.97. The Morgan fingerprint density at radius 2 is 2.12 bits per heavy atom. The van der Waals surface area contributed by atoms with Crippen LogP contribution in [-0.4, -0.2) is 30.2 Å². The average Bonchev–Trinajstić information content (AvgIpc) is 2.69. The van der Waals surface area contributed by atoms with Crippen molar-refractivity contribution in [3.05, 3.63) is 17.5 Å². The predicted molar refractivity (Wildman–Crippen MR) is 57.5 cm³/mol. The topological polar surface area (TPSA) is 80.4 Å². The molecule has 0 amide bonds. The molecule has 2 rings (SSSR count). The van der Waals surface area contributed by atoms with Crippen molar-refractivity contribution < 1.29 is 18.0 Å². The van der Waals surface area contributed by atoms with E-state index in [4.69, 9.17) is 9.63 Å².